The molecule has 1 aliphatic heterocycles. The van der Waals surface area contributed by atoms with Gasteiger partial charge in [-0.3, -0.25) is 0 Å². The van der Waals surface area contributed by atoms with E-state index in [1.165, 1.54) is 0 Å². The normalized spacial score (nSPS) is 21.3. The molecule has 118 valence electrons. The highest BCUT2D eigenvalue weighted by Crippen LogP contribution is 2.38. The molecule has 1 fully saturated rings. The standard InChI is InChI=1S/C16H28BNO2S/c1-10(2)11-12(21-13(18-11)14(3,4)5)17-19-15(6,7)16(8,9)20-17/h10H,1-9H3. The molecule has 0 bridgehead atoms. The van der Waals surface area contributed by atoms with Crippen molar-refractivity contribution in [1.29, 1.82) is 0 Å². The number of thiazole rings is 1. The molecule has 0 unspecified atom stereocenters. The highest BCUT2D eigenvalue weighted by atomic mass is 32.1. The SMILES string of the molecule is CC(C)c1nc(C(C)(C)C)sc1B1OC(C)(C)C(C)(C)O1. The van der Waals surface area contributed by atoms with Gasteiger partial charge in [0.15, 0.2) is 0 Å². The van der Waals surface area contributed by atoms with Crippen molar-refractivity contribution in [3.8, 4) is 0 Å². The predicted octanol–water partition coefficient (Wildman–Crippen LogP) is 3.86. The first kappa shape index (κ1) is 17.0. The Kier molecular flexibility index (Phi) is 4.10. The third kappa shape index (κ3) is 3.06. The average molecular weight is 309 g/mol. The van der Waals surface area contributed by atoms with Crippen LogP contribution in [0.3, 0.4) is 0 Å². The van der Waals surface area contributed by atoms with E-state index in [1.807, 2.05) is 0 Å². The van der Waals surface area contributed by atoms with E-state index in [0.29, 0.717) is 5.92 Å². The lowest BCUT2D eigenvalue weighted by Crippen LogP contribution is -2.41. The molecule has 0 radical (unpaired) electrons. The van der Waals surface area contributed by atoms with Crippen LogP contribution in [-0.4, -0.2) is 23.3 Å². The number of rotatable bonds is 2. The van der Waals surface area contributed by atoms with E-state index in [4.69, 9.17) is 14.3 Å². The second-order valence-electron chi connectivity index (χ2n) is 8.26. The molecular weight excluding hydrogens is 281 g/mol. The summed E-state index contributed by atoms with van der Waals surface area (Å²) in [5.41, 5.74) is 0.551. The van der Waals surface area contributed by atoms with Gasteiger partial charge in [0.05, 0.1) is 26.7 Å². The second kappa shape index (κ2) is 5.07. The van der Waals surface area contributed by atoms with Crippen LogP contribution in [0.4, 0.5) is 0 Å². The molecule has 2 rings (SSSR count). The topological polar surface area (TPSA) is 31.4 Å². The fourth-order valence-electron chi connectivity index (χ4n) is 2.20. The van der Waals surface area contributed by atoms with E-state index in [9.17, 15) is 0 Å². The maximum Gasteiger partial charge on any atom is 0.507 e. The van der Waals surface area contributed by atoms with Crippen LogP contribution in [0.25, 0.3) is 0 Å². The third-order valence-electron chi connectivity index (χ3n) is 4.34. The van der Waals surface area contributed by atoms with Crippen molar-refractivity contribution >= 4 is 23.2 Å². The fourth-order valence-corrected chi connectivity index (χ4v) is 3.43. The lowest BCUT2D eigenvalue weighted by Gasteiger charge is -2.32. The summed E-state index contributed by atoms with van der Waals surface area (Å²) in [4.78, 5) is 4.88. The molecule has 21 heavy (non-hydrogen) atoms. The molecule has 0 N–H and O–H groups in total. The number of hydrogen-bond acceptors (Lipinski definition) is 4. The summed E-state index contributed by atoms with van der Waals surface area (Å²) >= 11 is 1.73. The van der Waals surface area contributed by atoms with Gasteiger partial charge in [-0.05, 0) is 33.6 Å². The second-order valence-corrected chi connectivity index (χ2v) is 9.29. The van der Waals surface area contributed by atoms with Gasteiger partial charge in [-0.2, -0.15) is 0 Å². The van der Waals surface area contributed by atoms with E-state index in [0.717, 1.165) is 15.5 Å². The van der Waals surface area contributed by atoms with Crippen molar-refractivity contribution in [1.82, 2.24) is 4.98 Å². The van der Waals surface area contributed by atoms with Crippen LogP contribution in [0.5, 0.6) is 0 Å². The van der Waals surface area contributed by atoms with Gasteiger partial charge in [0.1, 0.15) is 0 Å². The first-order chi connectivity index (χ1) is 9.35. The van der Waals surface area contributed by atoms with E-state index >= 15 is 0 Å². The van der Waals surface area contributed by atoms with Crippen molar-refractivity contribution in [2.75, 3.05) is 0 Å². The van der Waals surface area contributed by atoms with Gasteiger partial charge in [-0.15, -0.1) is 11.3 Å². The fraction of sp³-hybridized carbons (Fsp3) is 0.812. The van der Waals surface area contributed by atoms with E-state index < -0.39 is 0 Å². The van der Waals surface area contributed by atoms with Crippen LogP contribution < -0.4 is 4.78 Å². The Balaban J connectivity index is 2.43. The lowest BCUT2D eigenvalue weighted by atomic mass is 9.84. The molecule has 1 aliphatic rings. The van der Waals surface area contributed by atoms with Gasteiger partial charge in [0.2, 0.25) is 0 Å². The van der Waals surface area contributed by atoms with Crippen molar-refractivity contribution in [2.24, 2.45) is 0 Å². The minimum Gasteiger partial charge on any atom is -0.399 e. The van der Waals surface area contributed by atoms with Crippen molar-refractivity contribution in [2.45, 2.75) is 84.8 Å². The number of aromatic nitrogens is 1. The first-order valence-corrected chi connectivity index (χ1v) is 8.53. The van der Waals surface area contributed by atoms with Crippen molar-refractivity contribution in [3.05, 3.63) is 10.7 Å². The Morgan fingerprint density at radius 1 is 1.05 bits per heavy atom. The third-order valence-corrected chi connectivity index (χ3v) is 5.86. The highest BCUT2D eigenvalue weighted by molar-refractivity contribution is 7.22. The smallest absolute Gasteiger partial charge is 0.399 e. The summed E-state index contributed by atoms with van der Waals surface area (Å²) < 4.78 is 13.6. The predicted molar refractivity (Wildman–Crippen MR) is 90.6 cm³/mol. The highest BCUT2D eigenvalue weighted by Gasteiger charge is 2.53. The molecule has 3 nitrogen and oxygen atoms in total. The Bertz CT molecular complexity index is 513. The largest absolute Gasteiger partial charge is 0.507 e. The zero-order chi connectivity index (χ0) is 16.2. The van der Waals surface area contributed by atoms with Gasteiger partial charge in [-0.25, -0.2) is 4.98 Å². The molecule has 0 saturated carbocycles. The van der Waals surface area contributed by atoms with Crippen LogP contribution in [0, 0.1) is 0 Å². The monoisotopic (exact) mass is 309 g/mol. The van der Waals surface area contributed by atoms with Crippen molar-refractivity contribution < 1.29 is 9.31 Å². The summed E-state index contributed by atoms with van der Waals surface area (Å²) in [5, 5.41) is 1.15. The zero-order valence-electron chi connectivity index (χ0n) is 14.8. The maximum absolute atomic E-state index is 6.22. The van der Waals surface area contributed by atoms with E-state index in [-0.39, 0.29) is 23.7 Å². The molecule has 0 amide bonds. The number of hydrogen-bond donors (Lipinski definition) is 0. The summed E-state index contributed by atoms with van der Waals surface area (Å²) in [6.07, 6.45) is 0. The van der Waals surface area contributed by atoms with Gasteiger partial charge in [-0.1, -0.05) is 34.6 Å². The molecule has 0 aromatic carbocycles. The molecule has 1 saturated heterocycles. The van der Waals surface area contributed by atoms with Gasteiger partial charge in [0, 0.05) is 5.41 Å². The molecule has 0 spiro atoms. The molecule has 1 aromatic heterocycles. The van der Waals surface area contributed by atoms with Crippen LogP contribution in [0.1, 0.15) is 78.9 Å². The molecule has 2 heterocycles. The van der Waals surface area contributed by atoms with Crippen LogP contribution in [0.15, 0.2) is 0 Å². The minimum atomic E-state index is -0.308. The Morgan fingerprint density at radius 3 is 1.90 bits per heavy atom. The summed E-state index contributed by atoms with van der Waals surface area (Å²) in [7, 11) is -0.305. The summed E-state index contributed by atoms with van der Waals surface area (Å²) in [5.74, 6) is 0.367. The van der Waals surface area contributed by atoms with E-state index in [2.05, 4.69) is 62.3 Å². The van der Waals surface area contributed by atoms with Crippen LogP contribution in [-0.2, 0) is 14.7 Å². The van der Waals surface area contributed by atoms with Gasteiger partial charge < -0.3 is 9.31 Å². The molecule has 1 aromatic rings. The Hall–Kier alpha value is -0.385. The molecular formula is C16H28BNO2S. The summed E-state index contributed by atoms with van der Waals surface area (Å²) in [6, 6.07) is 0. The molecule has 0 atom stereocenters. The van der Waals surface area contributed by atoms with Crippen molar-refractivity contribution in [3.63, 3.8) is 0 Å². The minimum absolute atomic E-state index is 0.0518. The number of nitrogens with zero attached hydrogens (tertiary/aromatic N) is 1. The van der Waals surface area contributed by atoms with Gasteiger partial charge >= 0.3 is 7.12 Å². The maximum atomic E-state index is 6.22. The van der Waals surface area contributed by atoms with E-state index in [1.54, 1.807) is 11.3 Å². The average Bonchev–Trinajstić information content (AvgIpc) is 2.78. The quantitative estimate of drug-likeness (QED) is 0.777. The lowest BCUT2D eigenvalue weighted by molar-refractivity contribution is 0.00578. The summed E-state index contributed by atoms with van der Waals surface area (Å²) in [6.45, 7) is 19.3. The van der Waals surface area contributed by atoms with Crippen LogP contribution in [0.2, 0.25) is 0 Å². The molecule has 5 heteroatoms. The van der Waals surface area contributed by atoms with Crippen LogP contribution >= 0.6 is 11.3 Å². The molecule has 0 aliphatic carbocycles. The Morgan fingerprint density at radius 2 is 1.52 bits per heavy atom. The van der Waals surface area contributed by atoms with Gasteiger partial charge in [0.25, 0.3) is 0 Å². The Labute approximate surface area is 133 Å². The zero-order valence-corrected chi connectivity index (χ0v) is 15.6. The first-order valence-electron chi connectivity index (χ1n) is 7.72.